The highest BCUT2D eigenvalue weighted by Crippen LogP contribution is 2.20. The van der Waals surface area contributed by atoms with Crippen LogP contribution in [0.25, 0.3) is 0 Å². The second-order valence-corrected chi connectivity index (χ2v) is 4.43. The summed E-state index contributed by atoms with van der Waals surface area (Å²) in [4.78, 5) is 0. The Morgan fingerprint density at radius 1 is 1.05 bits per heavy atom. The lowest BCUT2D eigenvalue weighted by molar-refractivity contribution is 0.320. The van der Waals surface area contributed by atoms with E-state index < -0.39 is 5.82 Å². The van der Waals surface area contributed by atoms with Gasteiger partial charge in [0.2, 0.25) is 0 Å². The van der Waals surface area contributed by atoms with Crippen LogP contribution in [0.3, 0.4) is 0 Å². The molecule has 4 heteroatoms. The number of halogens is 2. The van der Waals surface area contributed by atoms with Gasteiger partial charge in [0.15, 0.2) is 0 Å². The van der Waals surface area contributed by atoms with E-state index in [2.05, 4.69) is 0 Å². The number of hydrogen-bond donors (Lipinski definition) is 0. The molecule has 0 bridgehead atoms. The zero-order valence-corrected chi connectivity index (χ0v) is 11.3. The topological polar surface area (TPSA) is 18.5 Å². The Labute approximate surface area is 116 Å². The number of benzene rings is 2. The third-order valence-corrected chi connectivity index (χ3v) is 3.02. The third-order valence-electron chi connectivity index (χ3n) is 2.71. The normalized spacial score (nSPS) is 10.3. The molecular formula is C15H14ClFO2. The first-order valence-electron chi connectivity index (χ1n) is 5.90. The maximum atomic E-state index is 13.2. The molecule has 0 aliphatic heterocycles. The van der Waals surface area contributed by atoms with E-state index in [4.69, 9.17) is 21.1 Å². The van der Waals surface area contributed by atoms with E-state index in [-0.39, 0.29) is 5.02 Å². The van der Waals surface area contributed by atoms with Gasteiger partial charge < -0.3 is 9.47 Å². The molecule has 0 unspecified atom stereocenters. The Bertz CT molecular complexity index is 540. The van der Waals surface area contributed by atoms with Crippen molar-refractivity contribution in [3.05, 3.63) is 58.9 Å². The van der Waals surface area contributed by atoms with E-state index in [0.29, 0.717) is 12.4 Å². The Morgan fingerprint density at radius 3 is 2.37 bits per heavy atom. The molecule has 0 saturated carbocycles. The predicted octanol–water partition coefficient (Wildman–Crippen LogP) is 4.11. The minimum absolute atomic E-state index is 0.0995. The highest BCUT2D eigenvalue weighted by molar-refractivity contribution is 6.30. The van der Waals surface area contributed by atoms with Gasteiger partial charge in [-0.25, -0.2) is 4.39 Å². The molecule has 100 valence electrons. The molecule has 0 aliphatic rings. The zero-order valence-electron chi connectivity index (χ0n) is 10.5. The standard InChI is InChI=1S/C15H14ClFO2/c1-18-12-4-2-11(3-5-12)8-9-19-13-6-7-14(16)15(17)10-13/h2-7,10H,8-9H2,1H3. The summed E-state index contributed by atoms with van der Waals surface area (Å²) >= 11 is 5.60. The van der Waals surface area contributed by atoms with Crippen molar-refractivity contribution in [1.82, 2.24) is 0 Å². The first-order valence-corrected chi connectivity index (χ1v) is 6.27. The smallest absolute Gasteiger partial charge is 0.145 e. The van der Waals surface area contributed by atoms with Gasteiger partial charge in [-0.3, -0.25) is 0 Å². The fourth-order valence-electron chi connectivity index (χ4n) is 1.65. The van der Waals surface area contributed by atoms with Crippen molar-refractivity contribution in [1.29, 1.82) is 0 Å². The summed E-state index contributed by atoms with van der Waals surface area (Å²) in [7, 11) is 1.63. The molecule has 2 rings (SSSR count). The molecule has 0 heterocycles. The highest BCUT2D eigenvalue weighted by Gasteiger charge is 2.02. The van der Waals surface area contributed by atoms with Crippen molar-refractivity contribution in [2.45, 2.75) is 6.42 Å². The molecule has 19 heavy (non-hydrogen) atoms. The molecule has 0 N–H and O–H groups in total. The first-order chi connectivity index (χ1) is 9.19. The van der Waals surface area contributed by atoms with Gasteiger partial charge in [-0.1, -0.05) is 23.7 Å². The zero-order chi connectivity index (χ0) is 13.7. The summed E-state index contributed by atoms with van der Waals surface area (Å²) in [5, 5.41) is 0.0995. The van der Waals surface area contributed by atoms with Crippen molar-refractivity contribution in [2.75, 3.05) is 13.7 Å². The number of methoxy groups -OCH3 is 1. The van der Waals surface area contributed by atoms with E-state index in [9.17, 15) is 4.39 Å². The molecule has 2 aromatic rings. The second-order valence-electron chi connectivity index (χ2n) is 4.02. The quantitative estimate of drug-likeness (QED) is 0.821. The Hall–Kier alpha value is -1.74. The van der Waals surface area contributed by atoms with E-state index in [0.717, 1.165) is 17.7 Å². The lowest BCUT2D eigenvalue weighted by Crippen LogP contribution is -2.01. The molecule has 2 aromatic carbocycles. The summed E-state index contributed by atoms with van der Waals surface area (Å²) in [5.74, 6) is 0.837. The largest absolute Gasteiger partial charge is 0.497 e. The molecule has 0 aromatic heterocycles. The fourth-order valence-corrected chi connectivity index (χ4v) is 1.76. The van der Waals surface area contributed by atoms with Crippen LogP contribution >= 0.6 is 11.6 Å². The molecular weight excluding hydrogens is 267 g/mol. The van der Waals surface area contributed by atoms with Crippen LogP contribution in [0, 0.1) is 5.82 Å². The average Bonchev–Trinajstić information content (AvgIpc) is 2.43. The third kappa shape index (κ3) is 3.86. The lowest BCUT2D eigenvalue weighted by atomic mass is 10.1. The van der Waals surface area contributed by atoms with Crippen LogP contribution in [0.1, 0.15) is 5.56 Å². The number of hydrogen-bond acceptors (Lipinski definition) is 2. The van der Waals surface area contributed by atoms with Crippen molar-refractivity contribution in [3.63, 3.8) is 0 Å². The minimum Gasteiger partial charge on any atom is -0.497 e. The molecule has 0 saturated heterocycles. The van der Waals surface area contributed by atoms with Crippen LogP contribution in [0.5, 0.6) is 11.5 Å². The molecule has 0 fully saturated rings. The fraction of sp³-hybridized carbons (Fsp3) is 0.200. The van der Waals surface area contributed by atoms with Crippen molar-refractivity contribution < 1.29 is 13.9 Å². The van der Waals surface area contributed by atoms with Crippen LogP contribution in [0.15, 0.2) is 42.5 Å². The molecule has 0 atom stereocenters. The summed E-state index contributed by atoms with van der Waals surface area (Å²) in [6, 6.07) is 12.2. The average molecular weight is 281 g/mol. The van der Waals surface area contributed by atoms with E-state index in [1.807, 2.05) is 24.3 Å². The van der Waals surface area contributed by atoms with E-state index >= 15 is 0 Å². The Balaban J connectivity index is 1.86. The molecule has 0 aliphatic carbocycles. The molecule has 0 amide bonds. The first kappa shape index (κ1) is 13.7. The summed E-state index contributed by atoms with van der Waals surface area (Å²) in [6.07, 6.45) is 0.744. The Morgan fingerprint density at radius 2 is 1.74 bits per heavy atom. The summed E-state index contributed by atoms with van der Waals surface area (Å²) in [5.41, 5.74) is 1.13. The molecule has 0 spiro atoms. The SMILES string of the molecule is COc1ccc(CCOc2ccc(Cl)c(F)c2)cc1. The molecule has 0 radical (unpaired) electrons. The second kappa shape index (κ2) is 6.43. The van der Waals surface area contributed by atoms with Crippen LogP contribution < -0.4 is 9.47 Å². The van der Waals surface area contributed by atoms with E-state index in [1.54, 1.807) is 13.2 Å². The van der Waals surface area contributed by atoms with Gasteiger partial charge in [0.05, 0.1) is 18.7 Å². The Kier molecular flexibility index (Phi) is 4.63. The van der Waals surface area contributed by atoms with Crippen molar-refractivity contribution >= 4 is 11.6 Å². The van der Waals surface area contributed by atoms with Gasteiger partial charge in [-0.15, -0.1) is 0 Å². The van der Waals surface area contributed by atoms with Gasteiger partial charge in [0.1, 0.15) is 17.3 Å². The monoisotopic (exact) mass is 280 g/mol. The van der Waals surface area contributed by atoms with Crippen molar-refractivity contribution in [3.8, 4) is 11.5 Å². The maximum Gasteiger partial charge on any atom is 0.145 e. The van der Waals surface area contributed by atoms with Gasteiger partial charge in [-0.05, 0) is 29.8 Å². The minimum atomic E-state index is -0.469. The van der Waals surface area contributed by atoms with Gasteiger partial charge >= 0.3 is 0 Å². The predicted molar refractivity (Wildman–Crippen MR) is 73.6 cm³/mol. The van der Waals surface area contributed by atoms with Crippen LogP contribution in [-0.4, -0.2) is 13.7 Å². The van der Waals surface area contributed by atoms with E-state index in [1.165, 1.54) is 12.1 Å². The van der Waals surface area contributed by atoms with Gasteiger partial charge in [0.25, 0.3) is 0 Å². The van der Waals surface area contributed by atoms with Crippen molar-refractivity contribution in [2.24, 2.45) is 0 Å². The van der Waals surface area contributed by atoms with Crippen LogP contribution in [-0.2, 0) is 6.42 Å². The number of rotatable bonds is 5. The van der Waals surface area contributed by atoms with Gasteiger partial charge in [0, 0.05) is 12.5 Å². The highest BCUT2D eigenvalue weighted by atomic mass is 35.5. The summed E-state index contributed by atoms with van der Waals surface area (Å²) < 4.78 is 23.7. The van der Waals surface area contributed by atoms with Crippen LogP contribution in [0.2, 0.25) is 5.02 Å². The van der Waals surface area contributed by atoms with Crippen LogP contribution in [0.4, 0.5) is 4.39 Å². The maximum absolute atomic E-state index is 13.2. The lowest BCUT2D eigenvalue weighted by Gasteiger charge is -2.07. The molecule has 2 nitrogen and oxygen atoms in total. The number of ether oxygens (including phenoxy) is 2. The summed E-state index contributed by atoms with van der Waals surface area (Å²) in [6.45, 7) is 0.480. The van der Waals surface area contributed by atoms with Gasteiger partial charge in [-0.2, -0.15) is 0 Å².